The Labute approximate surface area is 161 Å². The maximum absolute atomic E-state index is 12.3. The molecule has 2 aromatic heterocycles. The second kappa shape index (κ2) is 8.07. The Hall–Kier alpha value is -2.43. The fraction of sp³-hybridized carbons (Fsp3) is 0.500. The van der Waals surface area contributed by atoms with E-state index in [1.165, 1.54) is 0 Å². The van der Waals surface area contributed by atoms with Crippen LogP contribution in [0.4, 0.5) is 0 Å². The molecule has 0 fully saturated rings. The van der Waals surface area contributed by atoms with Gasteiger partial charge in [0, 0.05) is 29.2 Å². The van der Waals surface area contributed by atoms with Gasteiger partial charge in [0.15, 0.2) is 5.65 Å². The van der Waals surface area contributed by atoms with Gasteiger partial charge in [-0.1, -0.05) is 26.0 Å². The lowest BCUT2D eigenvalue weighted by Crippen LogP contribution is -2.33. The van der Waals surface area contributed by atoms with Crippen molar-refractivity contribution in [3.05, 3.63) is 41.2 Å². The number of hydrogen-bond acceptors (Lipinski definition) is 3. The fourth-order valence-corrected chi connectivity index (χ4v) is 3.58. The van der Waals surface area contributed by atoms with Gasteiger partial charge < -0.3 is 5.32 Å². The molecule has 0 aliphatic heterocycles. The molecule has 0 saturated carbocycles. The monoisotopic (exact) mass is 366 g/mol. The number of amides is 1. The van der Waals surface area contributed by atoms with Gasteiger partial charge in [0.1, 0.15) is 0 Å². The number of hydrogen-bond donors (Lipinski definition) is 1. The number of nitrogens with one attached hydrogen (secondary N) is 1. The van der Waals surface area contributed by atoms with Crippen LogP contribution in [-0.4, -0.2) is 26.5 Å². The van der Waals surface area contributed by atoms with Crippen LogP contribution in [0.15, 0.2) is 24.3 Å². The first kappa shape index (κ1) is 19.3. The highest BCUT2D eigenvalue weighted by Gasteiger charge is 2.15. The van der Waals surface area contributed by atoms with E-state index in [0.29, 0.717) is 18.8 Å². The molecule has 3 rings (SSSR count). The lowest BCUT2D eigenvalue weighted by Gasteiger charge is -2.16. The number of carbonyl (C=O) groups is 1. The Balaban J connectivity index is 1.73. The predicted molar refractivity (Wildman–Crippen MR) is 110 cm³/mol. The molecule has 27 heavy (non-hydrogen) atoms. The largest absolute Gasteiger partial charge is 0.354 e. The van der Waals surface area contributed by atoms with Crippen molar-refractivity contribution in [3.63, 3.8) is 0 Å². The number of benzene rings is 1. The number of aromatic nitrogens is 3. The molecular formula is C22H30N4O. The van der Waals surface area contributed by atoms with Crippen LogP contribution in [0.25, 0.3) is 16.6 Å². The Morgan fingerprint density at radius 1 is 1.15 bits per heavy atom. The molecule has 0 radical (unpaired) electrons. The molecule has 144 valence electrons. The number of fused-ring (bicyclic) bond motifs is 3. The predicted octanol–water partition coefficient (Wildman–Crippen LogP) is 4.37. The van der Waals surface area contributed by atoms with E-state index in [2.05, 4.69) is 44.2 Å². The Morgan fingerprint density at radius 2 is 1.89 bits per heavy atom. The number of nitrogens with zero attached hydrogens (tertiary/aromatic N) is 3. The molecule has 5 nitrogen and oxygen atoms in total. The second-order valence-electron chi connectivity index (χ2n) is 7.95. The lowest BCUT2D eigenvalue weighted by molar-refractivity contribution is -0.121. The zero-order valence-electron chi connectivity index (χ0n) is 17.0. The summed E-state index contributed by atoms with van der Waals surface area (Å²) in [4.78, 5) is 17.1. The van der Waals surface area contributed by atoms with Crippen LogP contribution in [-0.2, 0) is 11.2 Å². The first-order valence-corrected chi connectivity index (χ1v) is 9.89. The molecule has 0 aliphatic carbocycles. The summed E-state index contributed by atoms with van der Waals surface area (Å²) in [5.41, 5.74) is 4.98. The highest BCUT2D eigenvalue weighted by atomic mass is 16.1. The summed E-state index contributed by atoms with van der Waals surface area (Å²) in [6.07, 6.45) is 3.31. The van der Waals surface area contributed by atoms with Crippen molar-refractivity contribution >= 4 is 22.5 Å². The molecule has 1 unspecified atom stereocenters. The number of aryl methyl sites for hydroxylation is 2. The second-order valence-corrected chi connectivity index (χ2v) is 7.95. The lowest BCUT2D eigenvalue weighted by atomic mass is 10.0. The average Bonchev–Trinajstić information content (AvgIpc) is 2.99. The van der Waals surface area contributed by atoms with E-state index in [-0.39, 0.29) is 11.9 Å². The normalized spacial score (nSPS) is 12.8. The molecule has 0 aliphatic rings. The minimum atomic E-state index is 0.107. The summed E-state index contributed by atoms with van der Waals surface area (Å²) in [6, 6.07) is 8.27. The standard InChI is InChI=1S/C22H30N4O/c1-14(2)10-11-15(3)23-21(27)13-12-18-16(4)24-22-19-8-6-7-9-20(19)25-26(22)17(18)5/h6-9,14-15H,10-13H2,1-5H3,(H,23,27). The summed E-state index contributed by atoms with van der Waals surface area (Å²) in [7, 11) is 0. The first-order valence-electron chi connectivity index (χ1n) is 9.89. The van der Waals surface area contributed by atoms with Gasteiger partial charge in [-0.2, -0.15) is 5.10 Å². The van der Waals surface area contributed by atoms with Crippen molar-refractivity contribution < 1.29 is 4.79 Å². The van der Waals surface area contributed by atoms with E-state index < -0.39 is 0 Å². The van der Waals surface area contributed by atoms with Crippen LogP contribution in [0, 0.1) is 19.8 Å². The quantitative estimate of drug-likeness (QED) is 0.675. The SMILES string of the molecule is Cc1nc2c3ccccc3nn2c(C)c1CCC(=O)NC(C)CCC(C)C. The van der Waals surface area contributed by atoms with Crippen LogP contribution in [0.2, 0.25) is 0 Å². The van der Waals surface area contributed by atoms with Crippen molar-refractivity contribution in [2.45, 2.75) is 66.3 Å². The van der Waals surface area contributed by atoms with Crippen LogP contribution < -0.4 is 5.32 Å². The van der Waals surface area contributed by atoms with Crippen LogP contribution >= 0.6 is 0 Å². The minimum absolute atomic E-state index is 0.107. The van der Waals surface area contributed by atoms with Gasteiger partial charge >= 0.3 is 0 Å². The summed E-state index contributed by atoms with van der Waals surface area (Å²) in [5.74, 6) is 0.771. The van der Waals surface area contributed by atoms with Crippen molar-refractivity contribution in [3.8, 4) is 0 Å². The number of rotatable bonds is 7. The van der Waals surface area contributed by atoms with Crippen LogP contribution in [0.5, 0.6) is 0 Å². The van der Waals surface area contributed by atoms with Crippen molar-refractivity contribution in [1.82, 2.24) is 19.9 Å². The molecule has 1 atom stereocenters. The first-order chi connectivity index (χ1) is 12.9. The van der Waals surface area contributed by atoms with E-state index in [1.807, 2.05) is 29.6 Å². The molecule has 0 spiro atoms. The molecule has 3 aromatic rings. The third kappa shape index (κ3) is 4.29. The van der Waals surface area contributed by atoms with Gasteiger partial charge in [-0.25, -0.2) is 9.50 Å². The molecular weight excluding hydrogens is 336 g/mol. The molecule has 0 bridgehead atoms. The topological polar surface area (TPSA) is 59.3 Å². The molecule has 2 heterocycles. The molecule has 1 aromatic carbocycles. The summed E-state index contributed by atoms with van der Waals surface area (Å²) < 4.78 is 1.91. The van der Waals surface area contributed by atoms with Gasteiger partial charge in [-0.15, -0.1) is 0 Å². The van der Waals surface area contributed by atoms with Gasteiger partial charge in [-0.05, 0) is 63.6 Å². The molecule has 1 N–H and O–H groups in total. The Bertz CT molecular complexity index is 958. The van der Waals surface area contributed by atoms with Crippen molar-refractivity contribution in [2.24, 2.45) is 5.92 Å². The van der Waals surface area contributed by atoms with Crippen LogP contribution in [0.3, 0.4) is 0 Å². The van der Waals surface area contributed by atoms with Gasteiger partial charge in [0.2, 0.25) is 5.91 Å². The summed E-state index contributed by atoms with van der Waals surface area (Å²) in [5, 5.41) is 8.87. The van der Waals surface area contributed by atoms with Gasteiger partial charge in [0.05, 0.1) is 5.52 Å². The van der Waals surface area contributed by atoms with E-state index in [0.717, 1.165) is 46.3 Å². The molecule has 0 saturated heterocycles. The third-order valence-corrected chi connectivity index (χ3v) is 5.20. The maximum Gasteiger partial charge on any atom is 0.220 e. The van der Waals surface area contributed by atoms with Crippen LogP contribution in [0.1, 0.15) is 57.0 Å². The van der Waals surface area contributed by atoms with Gasteiger partial charge in [-0.3, -0.25) is 4.79 Å². The van der Waals surface area contributed by atoms with E-state index in [9.17, 15) is 4.79 Å². The Morgan fingerprint density at radius 3 is 2.63 bits per heavy atom. The van der Waals surface area contributed by atoms with E-state index in [1.54, 1.807) is 0 Å². The average molecular weight is 367 g/mol. The van der Waals surface area contributed by atoms with Crippen molar-refractivity contribution in [1.29, 1.82) is 0 Å². The Kier molecular flexibility index (Phi) is 5.78. The fourth-order valence-electron chi connectivity index (χ4n) is 3.58. The number of carbonyl (C=O) groups excluding carboxylic acids is 1. The van der Waals surface area contributed by atoms with Crippen molar-refractivity contribution in [2.75, 3.05) is 0 Å². The highest BCUT2D eigenvalue weighted by molar-refractivity contribution is 5.92. The summed E-state index contributed by atoms with van der Waals surface area (Å²) in [6.45, 7) is 10.6. The van der Waals surface area contributed by atoms with Gasteiger partial charge in [0.25, 0.3) is 0 Å². The van der Waals surface area contributed by atoms with E-state index >= 15 is 0 Å². The molecule has 5 heteroatoms. The zero-order valence-corrected chi connectivity index (χ0v) is 17.0. The summed E-state index contributed by atoms with van der Waals surface area (Å²) >= 11 is 0. The third-order valence-electron chi connectivity index (χ3n) is 5.20. The van der Waals surface area contributed by atoms with E-state index in [4.69, 9.17) is 4.98 Å². The smallest absolute Gasteiger partial charge is 0.220 e. The minimum Gasteiger partial charge on any atom is -0.354 e. The zero-order chi connectivity index (χ0) is 19.6. The molecule has 1 amide bonds. The highest BCUT2D eigenvalue weighted by Crippen LogP contribution is 2.22. The maximum atomic E-state index is 12.3.